The van der Waals surface area contributed by atoms with Crippen LogP contribution in [0.3, 0.4) is 0 Å². The molecule has 0 bridgehead atoms. The summed E-state index contributed by atoms with van der Waals surface area (Å²) in [7, 11) is 0. The van der Waals surface area contributed by atoms with E-state index in [1.54, 1.807) is 24.3 Å². The van der Waals surface area contributed by atoms with Gasteiger partial charge in [0, 0.05) is 11.6 Å². The number of ether oxygens (including phenoxy) is 1. The molecule has 0 atom stereocenters. The van der Waals surface area contributed by atoms with Crippen LogP contribution in [0.25, 0.3) is 6.08 Å². The summed E-state index contributed by atoms with van der Waals surface area (Å²) in [5.74, 6) is 0.423. The molecule has 0 aliphatic heterocycles. The first-order valence-corrected chi connectivity index (χ1v) is 10.7. The van der Waals surface area contributed by atoms with Gasteiger partial charge in [0.05, 0.1) is 12.8 Å². The number of hydrogen-bond donors (Lipinski definition) is 2. The van der Waals surface area contributed by atoms with Gasteiger partial charge in [-0.05, 0) is 54.8 Å². The quantitative estimate of drug-likeness (QED) is 0.365. The molecule has 0 unspecified atom stereocenters. The van der Waals surface area contributed by atoms with Crippen LogP contribution in [0, 0.1) is 6.92 Å². The van der Waals surface area contributed by atoms with Gasteiger partial charge in [-0.15, -0.1) is 0 Å². The molecule has 6 heteroatoms. The molecule has 0 aliphatic carbocycles. The molecule has 2 aromatic carbocycles. The Morgan fingerprint density at radius 3 is 2.50 bits per heavy atom. The van der Waals surface area contributed by atoms with E-state index in [2.05, 4.69) is 17.6 Å². The van der Waals surface area contributed by atoms with Crippen LogP contribution in [0.15, 0.2) is 77.0 Å². The third kappa shape index (κ3) is 6.60. The number of nitrogens with one attached hydrogen (secondary N) is 2. The SMILES string of the molecule is CCCc1ccc(OCCNC(=O)/C(=C/c2ccco2)NC(=O)c2ccccc2C)cc1. The van der Waals surface area contributed by atoms with E-state index in [-0.39, 0.29) is 18.1 Å². The summed E-state index contributed by atoms with van der Waals surface area (Å²) in [6.07, 6.45) is 5.14. The van der Waals surface area contributed by atoms with E-state index in [9.17, 15) is 9.59 Å². The van der Waals surface area contributed by atoms with Gasteiger partial charge in [-0.1, -0.05) is 43.7 Å². The van der Waals surface area contributed by atoms with Gasteiger partial charge in [-0.25, -0.2) is 0 Å². The van der Waals surface area contributed by atoms with Crippen molar-refractivity contribution < 1.29 is 18.7 Å². The summed E-state index contributed by atoms with van der Waals surface area (Å²) in [6, 6.07) is 18.6. The third-order valence-electron chi connectivity index (χ3n) is 4.83. The average molecular weight is 433 g/mol. The Labute approximate surface area is 188 Å². The Morgan fingerprint density at radius 1 is 1.03 bits per heavy atom. The standard InChI is InChI=1S/C26H28N2O4/c1-3-7-20-11-13-21(14-12-20)32-17-15-27-26(30)24(18-22-9-6-16-31-22)28-25(29)23-10-5-4-8-19(23)2/h4-6,8-14,16,18H,3,7,15,17H2,1-2H3,(H,27,30)(H,28,29)/b24-18-. The minimum absolute atomic E-state index is 0.0946. The van der Waals surface area contributed by atoms with Gasteiger partial charge in [0.15, 0.2) is 0 Å². The molecule has 0 saturated carbocycles. The summed E-state index contributed by atoms with van der Waals surface area (Å²) in [5.41, 5.74) is 2.68. The second-order valence-electron chi connectivity index (χ2n) is 7.34. The predicted molar refractivity (Wildman–Crippen MR) is 124 cm³/mol. The lowest BCUT2D eigenvalue weighted by atomic mass is 10.1. The molecular formula is C26H28N2O4. The van der Waals surface area contributed by atoms with Crippen molar-refractivity contribution in [1.82, 2.24) is 10.6 Å². The zero-order valence-corrected chi connectivity index (χ0v) is 18.4. The van der Waals surface area contributed by atoms with E-state index < -0.39 is 5.91 Å². The normalized spacial score (nSPS) is 11.1. The lowest BCUT2D eigenvalue weighted by Crippen LogP contribution is -2.36. The molecule has 32 heavy (non-hydrogen) atoms. The topological polar surface area (TPSA) is 80.6 Å². The Bertz CT molecular complexity index is 1050. The first-order chi connectivity index (χ1) is 15.6. The van der Waals surface area contributed by atoms with Crippen molar-refractivity contribution in [3.8, 4) is 5.75 Å². The van der Waals surface area contributed by atoms with Crippen LogP contribution in [0.2, 0.25) is 0 Å². The highest BCUT2D eigenvalue weighted by molar-refractivity contribution is 6.05. The van der Waals surface area contributed by atoms with Crippen LogP contribution < -0.4 is 15.4 Å². The van der Waals surface area contributed by atoms with E-state index in [4.69, 9.17) is 9.15 Å². The Hall–Kier alpha value is -3.80. The molecular weight excluding hydrogens is 404 g/mol. The van der Waals surface area contributed by atoms with Gasteiger partial charge in [0.2, 0.25) is 0 Å². The molecule has 2 amide bonds. The highest BCUT2D eigenvalue weighted by atomic mass is 16.5. The van der Waals surface area contributed by atoms with Gasteiger partial charge in [0.25, 0.3) is 11.8 Å². The van der Waals surface area contributed by atoms with Crippen molar-refractivity contribution in [3.63, 3.8) is 0 Å². The van der Waals surface area contributed by atoms with Crippen molar-refractivity contribution in [2.75, 3.05) is 13.2 Å². The first kappa shape index (κ1) is 22.9. The smallest absolute Gasteiger partial charge is 0.268 e. The summed E-state index contributed by atoms with van der Waals surface area (Å²) in [4.78, 5) is 25.5. The largest absolute Gasteiger partial charge is 0.492 e. The highest BCUT2D eigenvalue weighted by Gasteiger charge is 2.16. The molecule has 2 N–H and O–H groups in total. The van der Waals surface area contributed by atoms with Crippen molar-refractivity contribution in [1.29, 1.82) is 0 Å². The minimum atomic E-state index is -0.426. The summed E-state index contributed by atoms with van der Waals surface area (Å²) in [6.45, 7) is 4.58. The van der Waals surface area contributed by atoms with Crippen LogP contribution in [0.4, 0.5) is 0 Å². The molecule has 166 valence electrons. The second-order valence-corrected chi connectivity index (χ2v) is 7.34. The van der Waals surface area contributed by atoms with Gasteiger partial charge >= 0.3 is 0 Å². The number of rotatable bonds is 10. The number of carbonyl (C=O) groups excluding carboxylic acids is 2. The number of furan rings is 1. The van der Waals surface area contributed by atoms with Crippen molar-refractivity contribution in [2.45, 2.75) is 26.7 Å². The van der Waals surface area contributed by atoms with E-state index in [1.165, 1.54) is 17.9 Å². The zero-order valence-electron chi connectivity index (χ0n) is 18.4. The zero-order chi connectivity index (χ0) is 22.8. The van der Waals surface area contributed by atoms with E-state index >= 15 is 0 Å². The number of carbonyl (C=O) groups is 2. The van der Waals surface area contributed by atoms with Gasteiger partial charge in [-0.2, -0.15) is 0 Å². The van der Waals surface area contributed by atoms with Crippen LogP contribution in [-0.4, -0.2) is 25.0 Å². The van der Waals surface area contributed by atoms with Crippen LogP contribution in [0.5, 0.6) is 5.75 Å². The monoisotopic (exact) mass is 432 g/mol. The average Bonchev–Trinajstić information content (AvgIpc) is 3.31. The van der Waals surface area contributed by atoms with E-state index in [1.807, 2.05) is 43.3 Å². The molecule has 0 fully saturated rings. The maximum absolute atomic E-state index is 12.8. The van der Waals surface area contributed by atoms with Crippen LogP contribution in [-0.2, 0) is 11.2 Å². The Balaban J connectivity index is 1.59. The molecule has 0 aliphatic rings. The fourth-order valence-corrected chi connectivity index (χ4v) is 3.16. The molecule has 0 spiro atoms. The van der Waals surface area contributed by atoms with Crippen molar-refractivity contribution in [3.05, 3.63) is 95.1 Å². The Kier molecular flexibility index (Phi) is 8.26. The summed E-state index contributed by atoms with van der Waals surface area (Å²) in [5, 5.41) is 5.48. The number of hydrogen-bond acceptors (Lipinski definition) is 4. The van der Waals surface area contributed by atoms with Gasteiger partial charge in [0.1, 0.15) is 23.8 Å². The lowest BCUT2D eigenvalue weighted by Gasteiger charge is -2.12. The molecule has 0 saturated heterocycles. The maximum Gasteiger partial charge on any atom is 0.268 e. The fourth-order valence-electron chi connectivity index (χ4n) is 3.16. The molecule has 1 heterocycles. The number of benzene rings is 2. The molecule has 6 nitrogen and oxygen atoms in total. The second kappa shape index (κ2) is 11.6. The first-order valence-electron chi connectivity index (χ1n) is 10.7. The lowest BCUT2D eigenvalue weighted by molar-refractivity contribution is -0.117. The maximum atomic E-state index is 12.8. The van der Waals surface area contributed by atoms with Gasteiger partial charge < -0.3 is 19.8 Å². The van der Waals surface area contributed by atoms with E-state index in [0.29, 0.717) is 17.9 Å². The Morgan fingerprint density at radius 2 is 1.81 bits per heavy atom. The summed E-state index contributed by atoms with van der Waals surface area (Å²) < 4.78 is 11.0. The minimum Gasteiger partial charge on any atom is -0.492 e. The van der Waals surface area contributed by atoms with Crippen LogP contribution >= 0.6 is 0 Å². The highest BCUT2D eigenvalue weighted by Crippen LogP contribution is 2.13. The fraction of sp³-hybridized carbons (Fsp3) is 0.231. The van der Waals surface area contributed by atoms with Crippen molar-refractivity contribution in [2.24, 2.45) is 0 Å². The van der Waals surface area contributed by atoms with Gasteiger partial charge in [-0.3, -0.25) is 9.59 Å². The third-order valence-corrected chi connectivity index (χ3v) is 4.83. The molecule has 3 rings (SSSR count). The van der Waals surface area contributed by atoms with Crippen molar-refractivity contribution >= 4 is 17.9 Å². The molecule has 3 aromatic rings. The van der Waals surface area contributed by atoms with Crippen LogP contribution in [0.1, 0.15) is 40.6 Å². The van der Waals surface area contributed by atoms with E-state index in [0.717, 1.165) is 24.2 Å². The molecule has 0 radical (unpaired) electrons. The predicted octanol–water partition coefficient (Wildman–Crippen LogP) is 4.51. The number of amides is 2. The molecule has 1 aromatic heterocycles. The summed E-state index contributed by atoms with van der Waals surface area (Å²) >= 11 is 0. The number of aryl methyl sites for hydroxylation is 2.